The number of hydrogen-bond donors (Lipinski definition) is 2. The van der Waals surface area contributed by atoms with Crippen molar-refractivity contribution in [1.82, 2.24) is 10.2 Å². The van der Waals surface area contributed by atoms with E-state index < -0.39 is 12.3 Å². The molecule has 0 aliphatic heterocycles. The molecule has 2 N–H and O–H groups in total. The molecule has 0 radical (unpaired) electrons. The number of carbonyl (C=O) groups is 1. The lowest BCUT2D eigenvalue weighted by molar-refractivity contribution is -0.274. The lowest BCUT2D eigenvalue weighted by atomic mass is 10.1. The van der Waals surface area contributed by atoms with Gasteiger partial charge in [0.1, 0.15) is 11.3 Å². The SMILES string of the molecule is O=C(O)c1cn[nH]c1-c1ccc(OC(F)(F)F)cc1. The summed E-state index contributed by atoms with van der Waals surface area (Å²) in [5, 5.41) is 15.0. The number of rotatable bonds is 3. The van der Waals surface area contributed by atoms with E-state index in [4.69, 9.17) is 5.11 Å². The van der Waals surface area contributed by atoms with E-state index in [1.807, 2.05) is 0 Å². The van der Waals surface area contributed by atoms with Crippen molar-refractivity contribution in [3.05, 3.63) is 36.0 Å². The zero-order chi connectivity index (χ0) is 14.0. The Morgan fingerprint density at radius 2 is 1.89 bits per heavy atom. The average Bonchev–Trinajstić information content (AvgIpc) is 2.76. The zero-order valence-corrected chi connectivity index (χ0v) is 9.23. The summed E-state index contributed by atoms with van der Waals surface area (Å²) >= 11 is 0. The van der Waals surface area contributed by atoms with E-state index in [2.05, 4.69) is 14.9 Å². The predicted molar refractivity (Wildman–Crippen MR) is 57.7 cm³/mol. The van der Waals surface area contributed by atoms with Gasteiger partial charge < -0.3 is 9.84 Å². The third kappa shape index (κ3) is 3.03. The Morgan fingerprint density at radius 1 is 1.26 bits per heavy atom. The Kier molecular flexibility index (Phi) is 3.16. The first kappa shape index (κ1) is 12.9. The third-order valence-electron chi connectivity index (χ3n) is 2.25. The number of aromatic amines is 1. The van der Waals surface area contributed by atoms with Gasteiger partial charge in [-0.25, -0.2) is 4.79 Å². The molecule has 0 aliphatic carbocycles. The smallest absolute Gasteiger partial charge is 0.478 e. The van der Waals surface area contributed by atoms with Crippen molar-refractivity contribution in [3.63, 3.8) is 0 Å². The Balaban J connectivity index is 2.28. The molecule has 0 aliphatic rings. The van der Waals surface area contributed by atoms with Gasteiger partial charge in [-0.1, -0.05) is 0 Å². The van der Waals surface area contributed by atoms with E-state index in [1.165, 1.54) is 12.1 Å². The largest absolute Gasteiger partial charge is 0.573 e. The van der Waals surface area contributed by atoms with Gasteiger partial charge in [-0.2, -0.15) is 5.10 Å². The topological polar surface area (TPSA) is 75.2 Å². The van der Waals surface area contributed by atoms with Gasteiger partial charge in [0.15, 0.2) is 0 Å². The first-order valence-corrected chi connectivity index (χ1v) is 4.99. The van der Waals surface area contributed by atoms with Gasteiger partial charge in [0, 0.05) is 5.56 Å². The van der Waals surface area contributed by atoms with Gasteiger partial charge in [-0.05, 0) is 24.3 Å². The molecule has 100 valence electrons. The molecular weight excluding hydrogens is 265 g/mol. The lowest BCUT2D eigenvalue weighted by Gasteiger charge is -2.09. The number of alkyl halides is 3. The fourth-order valence-electron chi connectivity index (χ4n) is 1.49. The molecule has 0 amide bonds. The molecule has 1 heterocycles. The van der Waals surface area contributed by atoms with Crippen LogP contribution in [0.2, 0.25) is 0 Å². The highest BCUT2D eigenvalue weighted by molar-refractivity contribution is 5.94. The summed E-state index contributed by atoms with van der Waals surface area (Å²) in [6.45, 7) is 0. The second-order valence-electron chi connectivity index (χ2n) is 3.54. The highest BCUT2D eigenvalue weighted by Gasteiger charge is 2.31. The number of hydrogen-bond acceptors (Lipinski definition) is 3. The van der Waals surface area contributed by atoms with Crippen LogP contribution in [0.4, 0.5) is 13.2 Å². The zero-order valence-electron chi connectivity index (χ0n) is 9.23. The molecule has 8 heteroatoms. The fraction of sp³-hybridized carbons (Fsp3) is 0.0909. The van der Waals surface area contributed by atoms with Gasteiger partial charge in [-0.15, -0.1) is 13.2 Å². The molecule has 19 heavy (non-hydrogen) atoms. The van der Waals surface area contributed by atoms with Crippen LogP contribution in [0, 0.1) is 0 Å². The normalized spacial score (nSPS) is 11.3. The minimum atomic E-state index is -4.76. The second-order valence-corrected chi connectivity index (χ2v) is 3.54. The summed E-state index contributed by atoms with van der Waals surface area (Å²) in [5.41, 5.74) is 0.542. The summed E-state index contributed by atoms with van der Waals surface area (Å²) in [6, 6.07) is 4.80. The number of aromatic carboxylic acids is 1. The molecule has 5 nitrogen and oxygen atoms in total. The van der Waals surface area contributed by atoms with Crippen LogP contribution in [-0.2, 0) is 0 Å². The second kappa shape index (κ2) is 4.63. The fourth-order valence-corrected chi connectivity index (χ4v) is 1.49. The Hall–Kier alpha value is -2.51. The summed E-state index contributed by atoms with van der Waals surface area (Å²) in [7, 11) is 0. The Morgan fingerprint density at radius 3 is 2.42 bits per heavy atom. The Labute approximate surface area is 104 Å². The maximum Gasteiger partial charge on any atom is 0.573 e. The molecule has 2 aromatic rings. The van der Waals surface area contributed by atoms with Crippen LogP contribution in [0.25, 0.3) is 11.3 Å². The molecule has 0 fully saturated rings. The van der Waals surface area contributed by atoms with Crippen molar-refractivity contribution >= 4 is 5.97 Å². The number of benzene rings is 1. The first-order chi connectivity index (χ1) is 8.87. The van der Waals surface area contributed by atoms with Crippen molar-refractivity contribution in [1.29, 1.82) is 0 Å². The van der Waals surface area contributed by atoms with Gasteiger partial charge in [0.25, 0.3) is 0 Å². The van der Waals surface area contributed by atoms with Gasteiger partial charge >= 0.3 is 12.3 Å². The molecule has 0 saturated heterocycles. The average molecular weight is 272 g/mol. The monoisotopic (exact) mass is 272 g/mol. The van der Waals surface area contributed by atoms with Crippen molar-refractivity contribution < 1.29 is 27.8 Å². The number of nitrogens with zero attached hydrogens (tertiary/aromatic N) is 1. The molecule has 0 bridgehead atoms. The molecule has 0 spiro atoms. The third-order valence-corrected chi connectivity index (χ3v) is 2.25. The standard InChI is InChI=1S/C11H7F3N2O3/c12-11(13,14)19-7-3-1-6(2-4-7)9-8(10(17)18)5-15-16-9/h1-5H,(H,15,16)(H,17,18). The summed E-state index contributed by atoms with van der Waals surface area (Å²) in [6.07, 6.45) is -3.64. The number of carboxylic acid groups (broad SMARTS) is 1. The van der Waals surface area contributed by atoms with E-state index in [-0.39, 0.29) is 17.0 Å². The van der Waals surface area contributed by atoms with Gasteiger partial charge in [0.2, 0.25) is 0 Å². The molecule has 0 saturated carbocycles. The maximum atomic E-state index is 12.0. The maximum absolute atomic E-state index is 12.0. The molecule has 0 unspecified atom stereocenters. The van der Waals surface area contributed by atoms with Crippen LogP contribution in [-0.4, -0.2) is 27.6 Å². The van der Waals surface area contributed by atoms with Crippen LogP contribution in [0.1, 0.15) is 10.4 Å². The van der Waals surface area contributed by atoms with Crippen molar-refractivity contribution in [2.24, 2.45) is 0 Å². The van der Waals surface area contributed by atoms with Crippen LogP contribution in [0.3, 0.4) is 0 Å². The van der Waals surface area contributed by atoms with Gasteiger partial charge in [-0.3, -0.25) is 5.10 Å². The van der Waals surface area contributed by atoms with Crippen molar-refractivity contribution in [2.45, 2.75) is 6.36 Å². The van der Waals surface area contributed by atoms with Crippen molar-refractivity contribution in [2.75, 3.05) is 0 Å². The lowest BCUT2D eigenvalue weighted by Crippen LogP contribution is -2.16. The molecule has 0 atom stereocenters. The highest BCUT2D eigenvalue weighted by Crippen LogP contribution is 2.27. The summed E-state index contributed by atoms with van der Waals surface area (Å²) in [4.78, 5) is 10.9. The van der Waals surface area contributed by atoms with E-state index >= 15 is 0 Å². The minimum absolute atomic E-state index is 0.0653. The van der Waals surface area contributed by atoms with E-state index in [0.29, 0.717) is 5.56 Å². The number of halogens is 3. The number of carboxylic acids is 1. The van der Waals surface area contributed by atoms with E-state index in [9.17, 15) is 18.0 Å². The highest BCUT2D eigenvalue weighted by atomic mass is 19.4. The molecular formula is C11H7F3N2O3. The number of nitrogens with one attached hydrogen (secondary N) is 1. The Bertz CT molecular complexity index is 590. The van der Waals surface area contributed by atoms with Crippen LogP contribution >= 0.6 is 0 Å². The number of aromatic nitrogens is 2. The summed E-state index contributed by atoms with van der Waals surface area (Å²) in [5.74, 6) is -1.56. The number of ether oxygens (including phenoxy) is 1. The van der Waals surface area contributed by atoms with Crippen LogP contribution in [0.15, 0.2) is 30.5 Å². The van der Waals surface area contributed by atoms with Crippen LogP contribution < -0.4 is 4.74 Å². The minimum Gasteiger partial charge on any atom is -0.478 e. The van der Waals surface area contributed by atoms with E-state index in [0.717, 1.165) is 18.3 Å². The summed E-state index contributed by atoms with van der Waals surface area (Å²) < 4.78 is 39.6. The first-order valence-electron chi connectivity index (χ1n) is 4.99. The van der Waals surface area contributed by atoms with E-state index in [1.54, 1.807) is 0 Å². The quantitative estimate of drug-likeness (QED) is 0.900. The predicted octanol–water partition coefficient (Wildman–Crippen LogP) is 2.67. The molecule has 2 rings (SSSR count). The van der Waals surface area contributed by atoms with Gasteiger partial charge in [0.05, 0.1) is 11.9 Å². The molecule has 1 aromatic carbocycles. The number of H-pyrrole nitrogens is 1. The van der Waals surface area contributed by atoms with Crippen molar-refractivity contribution in [3.8, 4) is 17.0 Å². The molecule has 1 aromatic heterocycles. The van der Waals surface area contributed by atoms with Crippen LogP contribution in [0.5, 0.6) is 5.75 Å².